The lowest BCUT2D eigenvalue weighted by atomic mass is 9.97. The van der Waals surface area contributed by atoms with Gasteiger partial charge >= 0.3 is 12.4 Å². The summed E-state index contributed by atoms with van der Waals surface area (Å²) in [4.78, 5) is 17.1. The van der Waals surface area contributed by atoms with Crippen LogP contribution in [0.25, 0.3) is 0 Å². The zero-order chi connectivity index (χ0) is 28.4. The quantitative estimate of drug-likeness (QED) is 0.299. The smallest absolute Gasteiger partial charge is 0.333 e. The highest BCUT2D eigenvalue weighted by atomic mass is 35.5. The monoisotopic (exact) mass is 588 g/mol. The summed E-state index contributed by atoms with van der Waals surface area (Å²) < 4.78 is 82.5. The molecule has 0 spiro atoms. The van der Waals surface area contributed by atoms with Gasteiger partial charge in [-0.05, 0) is 67.6 Å². The van der Waals surface area contributed by atoms with Crippen molar-refractivity contribution in [3.05, 3.63) is 88.2 Å². The molecule has 0 bridgehead atoms. The zero-order valence-corrected chi connectivity index (χ0v) is 22.9. The van der Waals surface area contributed by atoms with Crippen molar-refractivity contribution in [2.45, 2.75) is 51.6 Å². The molecule has 1 amide bonds. The first-order valence-electron chi connectivity index (χ1n) is 12.7. The Morgan fingerprint density at radius 3 is 2.17 bits per heavy atom. The van der Waals surface area contributed by atoms with E-state index in [0.717, 1.165) is 23.1 Å². The minimum absolute atomic E-state index is 0. The number of nitrogens with zero attached hydrogens (tertiary/aromatic N) is 4. The van der Waals surface area contributed by atoms with Gasteiger partial charge in [0.05, 0.1) is 11.1 Å². The molecular weight excluding hydrogens is 558 g/mol. The van der Waals surface area contributed by atoms with E-state index in [0.29, 0.717) is 44.7 Å². The molecule has 218 valence electrons. The molecule has 40 heavy (non-hydrogen) atoms. The standard InChI is InChI=1S/C28H30F6N4O.ClH/c1-19-5-6-21(13-20(19)2)14-25-18-36(8-4-10-37-9-3-7-35-37)11-12-38(25)26(39)22-15-23(27(29,30)31)17-24(16-22)28(32,33)34;/h3,5-7,9,13,15-17,25H,4,8,10-12,14,18H2,1-2H3;1H/t25-;/m1./s1. The number of hydrogen-bond acceptors (Lipinski definition) is 3. The van der Waals surface area contributed by atoms with Crippen molar-refractivity contribution in [2.24, 2.45) is 0 Å². The first-order valence-corrected chi connectivity index (χ1v) is 12.7. The lowest BCUT2D eigenvalue weighted by Gasteiger charge is -2.42. The molecule has 1 aromatic heterocycles. The Labute approximate surface area is 235 Å². The second-order valence-corrected chi connectivity index (χ2v) is 9.99. The van der Waals surface area contributed by atoms with E-state index in [9.17, 15) is 31.1 Å². The fourth-order valence-corrected chi connectivity index (χ4v) is 4.90. The molecule has 12 heteroatoms. The molecule has 0 unspecified atom stereocenters. The minimum Gasteiger partial charge on any atom is -0.333 e. The number of benzene rings is 2. The highest BCUT2D eigenvalue weighted by Gasteiger charge is 2.39. The van der Waals surface area contributed by atoms with Gasteiger partial charge in [0.2, 0.25) is 0 Å². The number of amides is 1. The molecule has 5 nitrogen and oxygen atoms in total. The van der Waals surface area contributed by atoms with E-state index in [4.69, 9.17) is 0 Å². The third kappa shape index (κ3) is 7.78. The lowest BCUT2D eigenvalue weighted by Crippen LogP contribution is -2.56. The summed E-state index contributed by atoms with van der Waals surface area (Å²) in [5.74, 6) is -0.836. The highest BCUT2D eigenvalue weighted by Crippen LogP contribution is 2.37. The molecule has 1 aliphatic heterocycles. The van der Waals surface area contributed by atoms with Crippen molar-refractivity contribution in [1.82, 2.24) is 19.6 Å². The van der Waals surface area contributed by atoms with Crippen LogP contribution in [0.2, 0.25) is 0 Å². The summed E-state index contributed by atoms with van der Waals surface area (Å²) in [5.41, 5.74) is -0.509. The number of piperazine rings is 1. The third-order valence-electron chi connectivity index (χ3n) is 7.13. The molecule has 0 N–H and O–H groups in total. The molecule has 1 atom stereocenters. The number of aryl methyl sites for hydroxylation is 3. The van der Waals surface area contributed by atoms with E-state index in [1.165, 1.54) is 4.90 Å². The fraction of sp³-hybridized carbons (Fsp3) is 0.429. The van der Waals surface area contributed by atoms with Gasteiger partial charge in [-0.15, -0.1) is 12.4 Å². The Morgan fingerprint density at radius 2 is 1.60 bits per heavy atom. The average Bonchev–Trinajstić information content (AvgIpc) is 3.38. The van der Waals surface area contributed by atoms with Crippen LogP contribution in [0.1, 0.15) is 44.6 Å². The second-order valence-electron chi connectivity index (χ2n) is 9.99. The molecule has 3 aromatic rings. The van der Waals surface area contributed by atoms with Gasteiger partial charge in [0, 0.05) is 56.7 Å². The fourth-order valence-electron chi connectivity index (χ4n) is 4.90. The molecule has 1 fully saturated rings. The van der Waals surface area contributed by atoms with Gasteiger partial charge < -0.3 is 4.90 Å². The van der Waals surface area contributed by atoms with Crippen molar-refractivity contribution >= 4 is 18.3 Å². The Bertz CT molecular complexity index is 1260. The second kappa shape index (κ2) is 12.6. The van der Waals surface area contributed by atoms with Crippen LogP contribution in [0.5, 0.6) is 0 Å². The summed E-state index contributed by atoms with van der Waals surface area (Å²) in [7, 11) is 0. The zero-order valence-electron chi connectivity index (χ0n) is 22.1. The van der Waals surface area contributed by atoms with Crippen molar-refractivity contribution in [3.8, 4) is 0 Å². The lowest BCUT2D eigenvalue weighted by molar-refractivity contribution is -0.143. The van der Waals surface area contributed by atoms with E-state index in [1.807, 2.05) is 49.0 Å². The van der Waals surface area contributed by atoms with E-state index in [2.05, 4.69) is 10.00 Å². The molecular formula is C28H31ClF6N4O. The number of halogens is 7. The van der Waals surface area contributed by atoms with Crippen LogP contribution in [0.15, 0.2) is 54.9 Å². The molecule has 0 radical (unpaired) electrons. The van der Waals surface area contributed by atoms with Crippen LogP contribution < -0.4 is 0 Å². The summed E-state index contributed by atoms with van der Waals surface area (Å²) >= 11 is 0. The van der Waals surface area contributed by atoms with Gasteiger partial charge in [-0.2, -0.15) is 31.4 Å². The maximum atomic E-state index is 13.5. The first-order chi connectivity index (χ1) is 18.3. The normalized spacial score (nSPS) is 16.6. The Kier molecular flexibility index (Phi) is 9.94. The van der Waals surface area contributed by atoms with E-state index < -0.39 is 41.0 Å². The van der Waals surface area contributed by atoms with Crippen LogP contribution in [-0.4, -0.2) is 57.7 Å². The van der Waals surface area contributed by atoms with Gasteiger partial charge in [0.1, 0.15) is 0 Å². The number of aromatic nitrogens is 2. The van der Waals surface area contributed by atoms with Gasteiger partial charge in [-0.1, -0.05) is 18.2 Å². The molecule has 2 heterocycles. The van der Waals surface area contributed by atoms with Crippen LogP contribution in [0.4, 0.5) is 26.3 Å². The number of hydrogen-bond donors (Lipinski definition) is 0. The molecule has 0 aliphatic carbocycles. The molecule has 2 aromatic carbocycles. The summed E-state index contributed by atoms with van der Waals surface area (Å²) in [5, 5.41) is 4.19. The molecule has 4 rings (SSSR count). The molecule has 1 saturated heterocycles. The van der Waals surface area contributed by atoms with Crippen molar-refractivity contribution in [3.63, 3.8) is 0 Å². The highest BCUT2D eigenvalue weighted by molar-refractivity contribution is 5.95. The van der Waals surface area contributed by atoms with E-state index >= 15 is 0 Å². The summed E-state index contributed by atoms with van der Waals surface area (Å²) in [6.45, 7) is 6.45. The van der Waals surface area contributed by atoms with E-state index in [1.54, 1.807) is 6.20 Å². The minimum atomic E-state index is -5.03. The topological polar surface area (TPSA) is 41.4 Å². The third-order valence-corrected chi connectivity index (χ3v) is 7.13. The number of alkyl halides is 6. The predicted octanol–water partition coefficient (Wildman–Crippen LogP) is 6.42. The van der Waals surface area contributed by atoms with Crippen molar-refractivity contribution < 1.29 is 31.1 Å². The largest absolute Gasteiger partial charge is 0.416 e. The predicted molar refractivity (Wildman–Crippen MR) is 141 cm³/mol. The van der Waals surface area contributed by atoms with Crippen molar-refractivity contribution in [1.29, 1.82) is 0 Å². The van der Waals surface area contributed by atoms with E-state index in [-0.39, 0.29) is 25.0 Å². The van der Waals surface area contributed by atoms with Gasteiger partial charge in [-0.25, -0.2) is 0 Å². The maximum absolute atomic E-state index is 13.5. The summed E-state index contributed by atoms with van der Waals surface area (Å²) in [6, 6.07) is 8.38. The van der Waals surface area contributed by atoms with Crippen LogP contribution in [0, 0.1) is 13.8 Å². The Morgan fingerprint density at radius 1 is 0.925 bits per heavy atom. The van der Waals surface area contributed by atoms with Crippen LogP contribution >= 0.6 is 12.4 Å². The SMILES string of the molecule is Cc1ccc(C[C@@H]2CN(CCCn3cccn3)CCN2C(=O)c2cc(C(F)(F)F)cc(C(F)(F)F)c2)cc1C.Cl. The number of rotatable bonds is 7. The molecule has 0 saturated carbocycles. The first kappa shape index (κ1) is 31.5. The van der Waals surface area contributed by atoms with Gasteiger partial charge in [-0.3, -0.25) is 14.4 Å². The number of carbonyl (C=O) groups is 1. The van der Waals surface area contributed by atoms with Gasteiger partial charge in [0.25, 0.3) is 5.91 Å². The summed E-state index contributed by atoms with van der Waals surface area (Å²) in [6.07, 6.45) is -5.27. The Hall–Kier alpha value is -3.05. The number of carbonyl (C=O) groups excluding carboxylic acids is 1. The Balaban J connectivity index is 0.00000441. The average molecular weight is 589 g/mol. The molecule has 1 aliphatic rings. The van der Waals surface area contributed by atoms with Crippen molar-refractivity contribution in [2.75, 3.05) is 26.2 Å². The van der Waals surface area contributed by atoms with Crippen LogP contribution in [0.3, 0.4) is 0 Å². The maximum Gasteiger partial charge on any atom is 0.416 e. The van der Waals surface area contributed by atoms with Gasteiger partial charge in [0.15, 0.2) is 0 Å². The van der Waals surface area contributed by atoms with Crippen LogP contribution in [-0.2, 0) is 25.3 Å².